The first-order valence-electron chi connectivity index (χ1n) is 10.6. The van der Waals surface area contributed by atoms with Crippen LogP contribution in [0.2, 0.25) is 0 Å². The van der Waals surface area contributed by atoms with Crippen molar-refractivity contribution in [3.8, 4) is 0 Å². The van der Waals surface area contributed by atoms with Crippen molar-refractivity contribution in [3.05, 3.63) is 65.2 Å². The first kappa shape index (κ1) is 20.3. The van der Waals surface area contributed by atoms with Crippen LogP contribution >= 0.6 is 0 Å². The summed E-state index contributed by atoms with van der Waals surface area (Å²) in [6.45, 7) is 1.20. The summed E-state index contributed by atoms with van der Waals surface area (Å²) in [7, 11) is 0. The van der Waals surface area contributed by atoms with Gasteiger partial charge in [-0.05, 0) is 55.7 Å². The molecule has 0 atom stereocenters. The molecule has 2 aliphatic rings. The Bertz CT molecular complexity index is 897. The number of nitrogens with one attached hydrogen (secondary N) is 1. The molecular weight excluding hydrogens is 380 g/mol. The first-order valence-corrected chi connectivity index (χ1v) is 10.6. The maximum absolute atomic E-state index is 12.6. The Labute approximate surface area is 176 Å². The highest BCUT2D eigenvalue weighted by molar-refractivity contribution is 6.34. The number of benzene rings is 2. The fraction of sp³-hybridized carbons (Fsp3) is 0.375. The van der Waals surface area contributed by atoms with E-state index in [9.17, 15) is 14.4 Å². The molecule has 0 spiro atoms. The molecular formula is C24H26N2O4. The average Bonchev–Trinajstić information content (AvgIpc) is 3.04. The minimum absolute atomic E-state index is 0.179. The fourth-order valence-electron chi connectivity index (χ4n) is 4.04. The number of carbonyl (C=O) groups excluding carboxylic acids is 3. The van der Waals surface area contributed by atoms with Crippen molar-refractivity contribution in [3.63, 3.8) is 0 Å². The minimum Gasteiger partial charge on any atom is -0.378 e. The lowest BCUT2D eigenvalue weighted by atomic mass is 9.98. The molecule has 1 heterocycles. The Morgan fingerprint density at radius 2 is 1.57 bits per heavy atom. The first-order chi connectivity index (χ1) is 14.6. The summed E-state index contributed by atoms with van der Waals surface area (Å²) in [6.07, 6.45) is 7.24. The van der Waals surface area contributed by atoms with E-state index >= 15 is 0 Å². The summed E-state index contributed by atoms with van der Waals surface area (Å²) >= 11 is 0. The summed E-state index contributed by atoms with van der Waals surface area (Å²) in [5, 5.41) is 2.89. The highest BCUT2D eigenvalue weighted by Gasteiger charge is 2.36. The standard InChI is InChI=1S/C24H26N2O4/c27-22(25-15-6-16-30-19-7-2-1-3-8-19)17-11-13-18(14-12-17)26-23(28)20-9-4-5-10-21(20)24(26)29/h4-5,9-14,19H,1-3,6-8,15-16H2,(H,25,27). The van der Waals surface area contributed by atoms with Crippen molar-refractivity contribution in [2.24, 2.45) is 0 Å². The fourth-order valence-corrected chi connectivity index (χ4v) is 4.04. The molecule has 0 bridgehead atoms. The number of carbonyl (C=O) groups is 3. The summed E-state index contributed by atoms with van der Waals surface area (Å²) < 4.78 is 5.87. The topological polar surface area (TPSA) is 75.7 Å². The molecule has 30 heavy (non-hydrogen) atoms. The van der Waals surface area contributed by atoms with E-state index in [1.165, 1.54) is 19.3 Å². The molecule has 6 heteroatoms. The van der Waals surface area contributed by atoms with Crippen LogP contribution in [-0.2, 0) is 4.74 Å². The zero-order valence-corrected chi connectivity index (χ0v) is 16.9. The van der Waals surface area contributed by atoms with E-state index in [0.717, 1.165) is 24.2 Å². The molecule has 0 radical (unpaired) electrons. The van der Waals surface area contributed by atoms with E-state index < -0.39 is 0 Å². The zero-order valence-electron chi connectivity index (χ0n) is 16.9. The van der Waals surface area contributed by atoms with Crippen molar-refractivity contribution in [2.45, 2.75) is 44.6 Å². The largest absolute Gasteiger partial charge is 0.378 e. The highest BCUT2D eigenvalue weighted by atomic mass is 16.5. The summed E-state index contributed by atoms with van der Waals surface area (Å²) in [4.78, 5) is 38.6. The smallest absolute Gasteiger partial charge is 0.266 e. The van der Waals surface area contributed by atoms with E-state index in [2.05, 4.69) is 5.32 Å². The molecule has 0 saturated heterocycles. The molecule has 1 aliphatic heterocycles. The van der Waals surface area contributed by atoms with Gasteiger partial charge >= 0.3 is 0 Å². The van der Waals surface area contributed by atoms with Crippen LogP contribution in [0.3, 0.4) is 0 Å². The Balaban J connectivity index is 1.28. The van der Waals surface area contributed by atoms with Gasteiger partial charge in [-0.3, -0.25) is 14.4 Å². The van der Waals surface area contributed by atoms with Crippen molar-refractivity contribution >= 4 is 23.4 Å². The lowest BCUT2D eigenvalue weighted by Crippen LogP contribution is -2.29. The van der Waals surface area contributed by atoms with E-state index in [1.54, 1.807) is 48.5 Å². The van der Waals surface area contributed by atoms with Gasteiger partial charge in [0.1, 0.15) is 0 Å². The van der Waals surface area contributed by atoms with Gasteiger partial charge in [-0.15, -0.1) is 0 Å². The monoisotopic (exact) mass is 406 g/mol. The molecule has 156 valence electrons. The number of hydrogen-bond donors (Lipinski definition) is 1. The van der Waals surface area contributed by atoms with Gasteiger partial charge in [0, 0.05) is 18.7 Å². The van der Waals surface area contributed by atoms with Crippen LogP contribution in [0.15, 0.2) is 48.5 Å². The van der Waals surface area contributed by atoms with Gasteiger partial charge in [0.2, 0.25) is 0 Å². The molecule has 6 nitrogen and oxygen atoms in total. The van der Waals surface area contributed by atoms with Gasteiger partial charge < -0.3 is 10.1 Å². The van der Waals surface area contributed by atoms with Gasteiger partial charge in [0.15, 0.2) is 0 Å². The van der Waals surface area contributed by atoms with Gasteiger partial charge in [0.05, 0.1) is 22.9 Å². The van der Waals surface area contributed by atoms with Crippen molar-refractivity contribution in [1.29, 1.82) is 0 Å². The van der Waals surface area contributed by atoms with Crippen LogP contribution in [0.25, 0.3) is 0 Å². The average molecular weight is 406 g/mol. The molecule has 4 rings (SSSR count). The predicted octanol–water partition coefficient (Wildman–Crippen LogP) is 3.96. The third-order valence-corrected chi connectivity index (χ3v) is 5.69. The van der Waals surface area contributed by atoms with Crippen molar-refractivity contribution in [2.75, 3.05) is 18.1 Å². The van der Waals surface area contributed by atoms with Gasteiger partial charge in [-0.1, -0.05) is 31.4 Å². The second-order valence-corrected chi connectivity index (χ2v) is 7.78. The predicted molar refractivity (Wildman–Crippen MR) is 114 cm³/mol. The van der Waals surface area contributed by atoms with E-state index in [4.69, 9.17) is 4.74 Å². The van der Waals surface area contributed by atoms with Gasteiger partial charge in [-0.2, -0.15) is 0 Å². The SMILES string of the molecule is O=C(NCCCOC1CCCCC1)c1ccc(N2C(=O)c3ccccc3C2=O)cc1. The summed E-state index contributed by atoms with van der Waals surface area (Å²) in [5.41, 5.74) is 1.75. The Morgan fingerprint density at radius 1 is 0.933 bits per heavy atom. The third-order valence-electron chi connectivity index (χ3n) is 5.69. The number of anilines is 1. The molecule has 1 fully saturated rings. The van der Waals surface area contributed by atoms with Gasteiger partial charge in [0.25, 0.3) is 17.7 Å². The minimum atomic E-state index is -0.342. The number of nitrogens with zero attached hydrogens (tertiary/aromatic N) is 1. The maximum Gasteiger partial charge on any atom is 0.266 e. The number of fused-ring (bicyclic) bond motifs is 1. The van der Waals surface area contributed by atoms with E-state index in [-0.39, 0.29) is 17.7 Å². The van der Waals surface area contributed by atoms with Gasteiger partial charge in [-0.25, -0.2) is 4.90 Å². The Hall–Kier alpha value is -2.99. The highest BCUT2D eigenvalue weighted by Crippen LogP contribution is 2.28. The van der Waals surface area contributed by atoms with Crippen LogP contribution in [-0.4, -0.2) is 37.0 Å². The van der Waals surface area contributed by atoms with Crippen LogP contribution in [0.5, 0.6) is 0 Å². The molecule has 1 aliphatic carbocycles. The lowest BCUT2D eigenvalue weighted by molar-refractivity contribution is 0.0273. The van der Waals surface area contributed by atoms with Crippen LogP contribution in [0, 0.1) is 0 Å². The van der Waals surface area contributed by atoms with E-state index in [0.29, 0.717) is 41.6 Å². The lowest BCUT2D eigenvalue weighted by Gasteiger charge is -2.21. The number of rotatable bonds is 7. The summed E-state index contributed by atoms with van der Waals surface area (Å²) in [5.74, 6) is -0.863. The Kier molecular flexibility index (Phi) is 6.23. The quantitative estimate of drug-likeness (QED) is 0.558. The molecule has 1 saturated carbocycles. The summed E-state index contributed by atoms with van der Waals surface area (Å²) in [6, 6.07) is 13.3. The number of ether oxygens (including phenoxy) is 1. The number of amides is 3. The van der Waals surface area contributed by atoms with Crippen LogP contribution in [0.4, 0.5) is 5.69 Å². The molecule has 1 N–H and O–H groups in total. The third kappa shape index (κ3) is 4.28. The van der Waals surface area contributed by atoms with E-state index in [1.807, 2.05) is 0 Å². The molecule has 2 aromatic rings. The second-order valence-electron chi connectivity index (χ2n) is 7.78. The molecule has 2 aromatic carbocycles. The van der Waals surface area contributed by atoms with Crippen molar-refractivity contribution in [1.82, 2.24) is 5.32 Å². The van der Waals surface area contributed by atoms with Crippen molar-refractivity contribution < 1.29 is 19.1 Å². The normalized spacial score (nSPS) is 16.6. The number of imide groups is 1. The zero-order chi connectivity index (χ0) is 20.9. The van der Waals surface area contributed by atoms with Crippen LogP contribution < -0.4 is 10.2 Å². The Morgan fingerprint density at radius 3 is 2.20 bits per heavy atom. The number of hydrogen-bond acceptors (Lipinski definition) is 4. The van der Waals surface area contributed by atoms with Crippen LogP contribution in [0.1, 0.15) is 69.6 Å². The second kappa shape index (κ2) is 9.22. The molecule has 0 unspecified atom stereocenters. The maximum atomic E-state index is 12.6. The molecule has 3 amide bonds. The molecule has 0 aromatic heterocycles.